The van der Waals surface area contributed by atoms with Crippen LogP contribution < -0.4 is 10.7 Å². The van der Waals surface area contributed by atoms with E-state index >= 15 is 0 Å². The number of nitrogens with one attached hydrogen (secondary N) is 1. The van der Waals surface area contributed by atoms with Gasteiger partial charge in [-0.2, -0.15) is 0 Å². The lowest BCUT2D eigenvalue weighted by Crippen LogP contribution is -2.16. The van der Waals surface area contributed by atoms with E-state index in [2.05, 4.69) is 45.2 Å². The molecule has 0 unspecified atom stereocenters. The number of fused-ring (bicyclic) bond motifs is 1. The van der Waals surface area contributed by atoms with Crippen LogP contribution in [0.15, 0.2) is 77.5 Å². The fourth-order valence-corrected chi connectivity index (χ4v) is 4.64. The summed E-state index contributed by atoms with van der Waals surface area (Å²) in [5, 5.41) is 4.29. The molecule has 4 nitrogen and oxygen atoms in total. The third-order valence-electron chi connectivity index (χ3n) is 6.03. The summed E-state index contributed by atoms with van der Waals surface area (Å²) in [7, 11) is 0. The van der Waals surface area contributed by atoms with Crippen molar-refractivity contribution in [3.63, 3.8) is 0 Å². The van der Waals surface area contributed by atoms with Crippen molar-refractivity contribution in [1.29, 1.82) is 0 Å². The Morgan fingerprint density at radius 2 is 1.86 bits per heavy atom. The van der Waals surface area contributed by atoms with E-state index in [1.54, 1.807) is 6.07 Å². The first-order valence-electron chi connectivity index (χ1n) is 10.5. The van der Waals surface area contributed by atoms with Crippen LogP contribution >= 0.6 is 0 Å². The normalized spacial score (nSPS) is 16.9. The summed E-state index contributed by atoms with van der Waals surface area (Å²) < 4.78 is 2.13. The van der Waals surface area contributed by atoms with Gasteiger partial charge < -0.3 is 5.32 Å². The van der Waals surface area contributed by atoms with E-state index in [4.69, 9.17) is 0 Å². The molecule has 0 atom stereocenters. The zero-order chi connectivity index (χ0) is 19.6. The number of para-hydroxylation sites is 1. The van der Waals surface area contributed by atoms with Crippen LogP contribution in [0.1, 0.15) is 50.0 Å². The van der Waals surface area contributed by atoms with Crippen LogP contribution in [0.4, 0.5) is 5.82 Å². The second-order valence-corrected chi connectivity index (χ2v) is 7.93. The van der Waals surface area contributed by atoms with Crippen molar-refractivity contribution in [3.05, 3.63) is 88.5 Å². The highest BCUT2D eigenvalue weighted by Gasteiger charge is 2.23. The summed E-state index contributed by atoms with van der Waals surface area (Å²) in [6.07, 6.45) is 17.0. The molecule has 5 rings (SSSR count). The predicted octanol–water partition coefficient (Wildman–Crippen LogP) is 5.69. The van der Waals surface area contributed by atoms with Crippen LogP contribution in [-0.4, -0.2) is 9.55 Å². The molecule has 0 saturated heterocycles. The van der Waals surface area contributed by atoms with Gasteiger partial charge in [-0.3, -0.25) is 14.3 Å². The Bertz CT molecular complexity index is 1150. The highest BCUT2D eigenvalue weighted by atomic mass is 16.1. The van der Waals surface area contributed by atoms with Gasteiger partial charge in [-0.15, -0.1) is 0 Å². The van der Waals surface area contributed by atoms with E-state index in [9.17, 15) is 4.79 Å². The van der Waals surface area contributed by atoms with Gasteiger partial charge in [0.1, 0.15) is 5.82 Å². The minimum Gasteiger partial charge on any atom is -0.342 e. The van der Waals surface area contributed by atoms with Gasteiger partial charge in [0.25, 0.3) is 0 Å². The Balaban J connectivity index is 1.75. The van der Waals surface area contributed by atoms with Crippen molar-refractivity contribution in [2.45, 2.75) is 44.4 Å². The summed E-state index contributed by atoms with van der Waals surface area (Å²) in [6, 6.07) is 12.0. The summed E-state index contributed by atoms with van der Waals surface area (Å²) in [5.74, 6) is 1.21. The monoisotopic (exact) mass is 383 g/mol. The molecule has 2 heterocycles. The Morgan fingerprint density at radius 3 is 2.62 bits per heavy atom. The summed E-state index contributed by atoms with van der Waals surface area (Å²) in [4.78, 5) is 17.8. The maximum atomic E-state index is 13.3. The molecule has 29 heavy (non-hydrogen) atoms. The molecule has 1 fully saturated rings. The van der Waals surface area contributed by atoms with Crippen molar-refractivity contribution in [1.82, 2.24) is 9.55 Å². The molecular formula is C25H25N3O. The number of aromatic nitrogens is 2. The average Bonchev–Trinajstić information content (AvgIpc) is 3.30. The fourth-order valence-electron chi connectivity index (χ4n) is 4.64. The number of anilines is 1. The number of hydrogen-bond acceptors (Lipinski definition) is 3. The van der Waals surface area contributed by atoms with E-state index < -0.39 is 0 Å². The molecule has 0 bridgehead atoms. The largest absolute Gasteiger partial charge is 0.342 e. The van der Waals surface area contributed by atoms with Gasteiger partial charge in [-0.25, -0.2) is 0 Å². The van der Waals surface area contributed by atoms with E-state index in [0.29, 0.717) is 5.92 Å². The van der Waals surface area contributed by atoms with E-state index in [-0.39, 0.29) is 5.43 Å². The molecule has 1 N–H and O–H groups in total. The van der Waals surface area contributed by atoms with Crippen LogP contribution in [0.2, 0.25) is 0 Å². The molecule has 0 radical (unpaired) electrons. The van der Waals surface area contributed by atoms with Gasteiger partial charge in [0.05, 0.1) is 17.1 Å². The highest BCUT2D eigenvalue weighted by molar-refractivity contribution is 5.86. The number of rotatable bonds is 4. The molecule has 146 valence electrons. The first kappa shape index (κ1) is 17.9. The number of nitrogens with zero attached hydrogens (tertiary/aromatic N) is 2. The molecule has 2 aliphatic rings. The second-order valence-electron chi connectivity index (χ2n) is 7.93. The van der Waals surface area contributed by atoms with Gasteiger partial charge in [-0.05, 0) is 55.4 Å². The number of benzene rings is 1. The molecule has 0 amide bonds. The predicted molar refractivity (Wildman–Crippen MR) is 119 cm³/mol. The minimum absolute atomic E-state index is 0.0689. The SMILES string of the molecule is O=c1cc(NC2=CCCC=C2)n(-c2ccccc2)c2cncc(C3CCCC3)c12. The Hall–Kier alpha value is -3.14. The molecule has 4 heteroatoms. The van der Waals surface area contributed by atoms with Crippen LogP contribution in [0, 0.1) is 0 Å². The quantitative estimate of drug-likeness (QED) is 0.630. The Morgan fingerprint density at radius 1 is 1.03 bits per heavy atom. The molecule has 0 aliphatic heterocycles. The van der Waals surface area contributed by atoms with E-state index in [0.717, 1.165) is 59.4 Å². The second kappa shape index (κ2) is 7.70. The third kappa shape index (κ3) is 3.39. The summed E-state index contributed by atoms with van der Waals surface area (Å²) >= 11 is 0. The lowest BCUT2D eigenvalue weighted by Gasteiger charge is -2.21. The number of pyridine rings is 2. The zero-order valence-electron chi connectivity index (χ0n) is 16.5. The smallest absolute Gasteiger partial charge is 0.191 e. The van der Waals surface area contributed by atoms with E-state index in [1.807, 2.05) is 30.6 Å². The Kier molecular flexibility index (Phi) is 4.76. The maximum absolute atomic E-state index is 13.3. The first-order valence-corrected chi connectivity index (χ1v) is 10.5. The van der Waals surface area contributed by atoms with Gasteiger partial charge in [0.15, 0.2) is 5.43 Å². The molecule has 2 aliphatic carbocycles. The fraction of sp³-hybridized carbons (Fsp3) is 0.280. The minimum atomic E-state index is 0.0689. The van der Waals surface area contributed by atoms with Crippen LogP contribution in [0.3, 0.4) is 0 Å². The summed E-state index contributed by atoms with van der Waals surface area (Å²) in [6.45, 7) is 0. The van der Waals surface area contributed by atoms with Gasteiger partial charge in [-0.1, -0.05) is 43.2 Å². The number of allylic oxidation sites excluding steroid dienone is 3. The summed E-state index contributed by atoms with van der Waals surface area (Å²) in [5.41, 5.74) is 4.10. The van der Waals surface area contributed by atoms with Crippen LogP contribution in [-0.2, 0) is 0 Å². The van der Waals surface area contributed by atoms with Gasteiger partial charge >= 0.3 is 0 Å². The molecular weight excluding hydrogens is 358 g/mol. The lowest BCUT2D eigenvalue weighted by atomic mass is 9.95. The average molecular weight is 383 g/mol. The standard InChI is InChI=1S/C25H25N3O/c29-23-15-24(27-19-11-3-1-4-12-19)28(20-13-5-2-6-14-20)22-17-26-16-21(25(22)23)18-9-7-8-10-18/h2-3,5-6,11-18,27H,1,4,7-10H2. The highest BCUT2D eigenvalue weighted by Crippen LogP contribution is 2.37. The first-order chi connectivity index (χ1) is 14.3. The van der Waals surface area contributed by atoms with Crippen molar-refractivity contribution in [2.24, 2.45) is 0 Å². The maximum Gasteiger partial charge on any atom is 0.191 e. The van der Waals surface area contributed by atoms with Crippen molar-refractivity contribution < 1.29 is 0 Å². The van der Waals surface area contributed by atoms with Crippen molar-refractivity contribution >= 4 is 16.7 Å². The third-order valence-corrected chi connectivity index (χ3v) is 6.03. The lowest BCUT2D eigenvalue weighted by molar-refractivity contribution is 0.725. The molecule has 1 aromatic carbocycles. The van der Waals surface area contributed by atoms with Gasteiger partial charge in [0.2, 0.25) is 0 Å². The molecule has 3 aromatic rings. The van der Waals surface area contributed by atoms with Gasteiger partial charge in [0, 0.05) is 23.6 Å². The molecule has 0 spiro atoms. The van der Waals surface area contributed by atoms with Crippen molar-refractivity contribution in [3.8, 4) is 5.69 Å². The Labute approximate surface area is 170 Å². The van der Waals surface area contributed by atoms with Crippen LogP contribution in [0.25, 0.3) is 16.6 Å². The number of hydrogen-bond donors (Lipinski definition) is 1. The van der Waals surface area contributed by atoms with Crippen molar-refractivity contribution in [2.75, 3.05) is 5.32 Å². The topological polar surface area (TPSA) is 46.9 Å². The molecule has 1 saturated carbocycles. The van der Waals surface area contributed by atoms with E-state index in [1.165, 1.54) is 12.8 Å². The zero-order valence-corrected chi connectivity index (χ0v) is 16.5. The van der Waals surface area contributed by atoms with Crippen LogP contribution in [0.5, 0.6) is 0 Å². The molecule has 2 aromatic heterocycles.